The molecule has 0 unspecified atom stereocenters. The van der Waals surface area contributed by atoms with E-state index in [0.29, 0.717) is 22.9 Å². The van der Waals surface area contributed by atoms with Crippen molar-refractivity contribution in [1.82, 2.24) is 20.0 Å². The summed E-state index contributed by atoms with van der Waals surface area (Å²) in [6.07, 6.45) is 0. The predicted molar refractivity (Wildman–Crippen MR) is 113 cm³/mol. The van der Waals surface area contributed by atoms with E-state index in [1.807, 2.05) is 67.6 Å². The van der Waals surface area contributed by atoms with Crippen LogP contribution in [0.2, 0.25) is 0 Å². The molecule has 0 atom stereocenters. The molecule has 2 aromatic heterocycles. The number of amides is 1. The molecular formula is C21H17N5O2S. The summed E-state index contributed by atoms with van der Waals surface area (Å²) in [6, 6.07) is 18.9. The first-order chi connectivity index (χ1) is 14.2. The Labute approximate surface area is 170 Å². The SMILES string of the molecule is CCn1nc(-c2ccccc2)c(-c2ccccc2)c(C(=O)Nc2nncs2)c1=O. The second-order valence-corrected chi connectivity index (χ2v) is 6.98. The second kappa shape index (κ2) is 8.15. The van der Waals surface area contributed by atoms with Crippen LogP contribution in [0.3, 0.4) is 0 Å². The number of nitrogens with zero attached hydrogens (tertiary/aromatic N) is 4. The van der Waals surface area contributed by atoms with E-state index in [1.165, 1.54) is 21.5 Å². The summed E-state index contributed by atoms with van der Waals surface area (Å²) in [4.78, 5) is 26.3. The molecule has 1 amide bonds. The molecule has 144 valence electrons. The summed E-state index contributed by atoms with van der Waals surface area (Å²) >= 11 is 1.19. The molecule has 4 rings (SSSR count). The highest BCUT2D eigenvalue weighted by Gasteiger charge is 2.25. The zero-order valence-corrected chi connectivity index (χ0v) is 16.4. The van der Waals surface area contributed by atoms with Gasteiger partial charge in [-0.15, -0.1) is 10.2 Å². The van der Waals surface area contributed by atoms with Gasteiger partial charge in [-0.1, -0.05) is 72.0 Å². The quantitative estimate of drug-likeness (QED) is 0.549. The summed E-state index contributed by atoms with van der Waals surface area (Å²) in [5, 5.41) is 15.2. The summed E-state index contributed by atoms with van der Waals surface area (Å²) in [7, 11) is 0. The lowest BCUT2D eigenvalue weighted by Gasteiger charge is -2.16. The van der Waals surface area contributed by atoms with E-state index in [2.05, 4.69) is 20.6 Å². The van der Waals surface area contributed by atoms with Crippen molar-refractivity contribution in [2.75, 3.05) is 5.32 Å². The minimum atomic E-state index is -0.535. The zero-order chi connectivity index (χ0) is 20.2. The van der Waals surface area contributed by atoms with Crippen molar-refractivity contribution in [2.45, 2.75) is 13.5 Å². The molecule has 0 aliphatic carbocycles. The number of hydrogen-bond acceptors (Lipinski definition) is 6. The molecule has 2 aromatic carbocycles. The summed E-state index contributed by atoms with van der Waals surface area (Å²) in [6.45, 7) is 2.16. The highest BCUT2D eigenvalue weighted by atomic mass is 32.1. The lowest BCUT2D eigenvalue weighted by Crippen LogP contribution is -2.32. The molecule has 0 fully saturated rings. The van der Waals surface area contributed by atoms with E-state index in [1.54, 1.807) is 0 Å². The Hall–Kier alpha value is -3.65. The van der Waals surface area contributed by atoms with Gasteiger partial charge in [0, 0.05) is 17.7 Å². The lowest BCUT2D eigenvalue weighted by molar-refractivity contribution is 0.102. The molecule has 8 heteroatoms. The molecule has 0 bridgehead atoms. The Bertz CT molecular complexity index is 1190. The number of benzene rings is 2. The highest BCUT2D eigenvalue weighted by Crippen LogP contribution is 2.32. The first kappa shape index (κ1) is 18.7. The molecule has 29 heavy (non-hydrogen) atoms. The maximum atomic E-state index is 13.2. The Kier molecular flexibility index (Phi) is 5.26. The van der Waals surface area contributed by atoms with Crippen LogP contribution in [0.25, 0.3) is 22.4 Å². The second-order valence-electron chi connectivity index (χ2n) is 6.15. The first-order valence-corrected chi connectivity index (χ1v) is 9.90. The van der Waals surface area contributed by atoms with E-state index in [4.69, 9.17) is 0 Å². The Morgan fingerprint density at radius 1 is 1.03 bits per heavy atom. The molecule has 0 aliphatic heterocycles. The van der Waals surface area contributed by atoms with E-state index in [9.17, 15) is 9.59 Å². The third-order valence-corrected chi connectivity index (χ3v) is 4.98. The Morgan fingerprint density at radius 2 is 1.69 bits per heavy atom. The van der Waals surface area contributed by atoms with Crippen LogP contribution >= 0.6 is 11.3 Å². The van der Waals surface area contributed by atoms with Gasteiger partial charge in [0.15, 0.2) is 0 Å². The van der Waals surface area contributed by atoms with Gasteiger partial charge in [-0.05, 0) is 12.5 Å². The molecule has 0 saturated carbocycles. The van der Waals surface area contributed by atoms with Gasteiger partial charge in [0.05, 0.1) is 5.69 Å². The van der Waals surface area contributed by atoms with Crippen LogP contribution in [0.4, 0.5) is 5.13 Å². The number of hydrogen-bond donors (Lipinski definition) is 1. The van der Waals surface area contributed by atoms with E-state index < -0.39 is 11.5 Å². The van der Waals surface area contributed by atoms with Crippen molar-refractivity contribution in [3.63, 3.8) is 0 Å². The van der Waals surface area contributed by atoms with Gasteiger partial charge in [0.25, 0.3) is 11.5 Å². The van der Waals surface area contributed by atoms with Crippen LogP contribution < -0.4 is 10.9 Å². The number of aromatic nitrogens is 4. The van der Waals surface area contributed by atoms with Crippen LogP contribution in [0.1, 0.15) is 17.3 Å². The molecule has 1 N–H and O–H groups in total. The number of rotatable bonds is 5. The average molecular weight is 403 g/mol. The predicted octanol–water partition coefficient (Wildman–Crippen LogP) is 3.70. The normalized spacial score (nSPS) is 10.7. The van der Waals surface area contributed by atoms with Crippen LogP contribution in [0.15, 0.2) is 71.0 Å². The van der Waals surface area contributed by atoms with Gasteiger partial charge in [-0.2, -0.15) is 5.10 Å². The topological polar surface area (TPSA) is 89.8 Å². The number of nitrogens with one attached hydrogen (secondary N) is 1. The fraction of sp³-hybridized carbons (Fsp3) is 0.0952. The summed E-state index contributed by atoms with van der Waals surface area (Å²) in [5.41, 5.74) is 3.71. The molecule has 0 saturated heterocycles. The Morgan fingerprint density at radius 3 is 2.28 bits per heavy atom. The van der Waals surface area contributed by atoms with Crippen LogP contribution in [-0.4, -0.2) is 25.9 Å². The van der Waals surface area contributed by atoms with Crippen LogP contribution in [0, 0.1) is 0 Å². The van der Waals surface area contributed by atoms with Gasteiger partial charge < -0.3 is 0 Å². The average Bonchev–Trinajstić information content (AvgIpc) is 3.27. The zero-order valence-electron chi connectivity index (χ0n) is 15.6. The van der Waals surface area contributed by atoms with Crippen molar-refractivity contribution in [3.8, 4) is 22.4 Å². The molecule has 7 nitrogen and oxygen atoms in total. The van der Waals surface area contributed by atoms with Crippen molar-refractivity contribution in [2.24, 2.45) is 0 Å². The van der Waals surface area contributed by atoms with E-state index in [0.717, 1.165) is 11.1 Å². The van der Waals surface area contributed by atoms with Crippen molar-refractivity contribution in [3.05, 3.63) is 82.1 Å². The number of aryl methyl sites for hydroxylation is 1. The summed E-state index contributed by atoms with van der Waals surface area (Å²) < 4.78 is 1.31. The molecule has 2 heterocycles. The van der Waals surface area contributed by atoms with Crippen LogP contribution in [0.5, 0.6) is 0 Å². The van der Waals surface area contributed by atoms with Gasteiger partial charge in [-0.3, -0.25) is 14.9 Å². The maximum Gasteiger partial charge on any atom is 0.280 e. The molecule has 0 spiro atoms. The monoisotopic (exact) mass is 403 g/mol. The van der Waals surface area contributed by atoms with E-state index in [-0.39, 0.29) is 5.56 Å². The maximum absolute atomic E-state index is 13.2. The number of carbonyl (C=O) groups excluding carboxylic acids is 1. The third kappa shape index (κ3) is 3.70. The van der Waals surface area contributed by atoms with Gasteiger partial charge in [0.1, 0.15) is 11.1 Å². The van der Waals surface area contributed by atoms with E-state index >= 15 is 0 Å². The minimum Gasteiger partial charge on any atom is -0.296 e. The smallest absolute Gasteiger partial charge is 0.280 e. The van der Waals surface area contributed by atoms with Crippen LogP contribution in [-0.2, 0) is 6.54 Å². The lowest BCUT2D eigenvalue weighted by atomic mass is 9.95. The number of carbonyl (C=O) groups is 1. The largest absolute Gasteiger partial charge is 0.296 e. The highest BCUT2D eigenvalue weighted by molar-refractivity contribution is 7.13. The first-order valence-electron chi connectivity index (χ1n) is 9.02. The van der Waals surface area contributed by atoms with Crippen molar-refractivity contribution >= 4 is 22.4 Å². The molecule has 4 aromatic rings. The van der Waals surface area contributed by atoms with Crippen molar-refractivity contribution < 1.29 is 4.79 Å². The Balaban J connectivity index is 2.01. The van der Waals surface area contributed by atoms with Gasteiger partial charge in [-0.25, -0.2) is 4.68 Å². The fourth-order valence-electron chi connectivity index (χ4n) is 3.07. The minimum absolute atomic E-state index is 0.0297. The fourth-order valence-corrected chi connectivity index (χ4v) is 3.51. The summed E-state index contributed by atoms with van der Waals surface area (Å²) in [5.74, 6) is -0.535. The van der Waals surface area contributed by atoms with Crippen molar-refractivity contribution in [1.29, 1.82) is 0 Å². The van der Waals surface area contributed by atoms with Gasteiger partial charge in [0.2, 0.25) is 5.13 Å². The molecular weight excluding hydrogens is 386 g/mol. The third-order valence-electron chi connectivity index (χ3n) is 4.37. The molecule has 0 radical (unpaired) electrons. The molecule has 0 aliphatic rings. The number of anilines is 1. The standard InChI is InChI=1S/C21H17N5O2S/c1-2-26-20(28)17(19(27)23-21-24-22-13-29-21)16(14-9-5-3-6-10-14)18(25-26)15-11-7-4-8-12-15/h3-13H,2H2,1H3,(H,23,24,27). The van der Waals surface area contributed by atoms with Gasteiger partial charge >= 0.3 is 0 Å².